The molecule has 0 radical (unpaired) electrons. The summed E-state index contributed by atoms with van der Waals surface area (Å²) < 4.78 is 2.68. The van der Waals surface area contributed by atoms with Crippen LogP contribution in [-0.4, -0.2) is 50.1 Å². The molecule has 0 unspecified atom stereocenters. The molecule has 4 rings (SSSR count). The predicted octanol–water partition coefficient (Wildman–Crippen LogP) is 4.83. The number of para-hydroxylation sites is 1. The molecule has 5 nitrogen and oxygen atoms in total. The fourth-order valence-electron chi connectivity index (χ4n) is 4.47. The molecule has 2 amide bonds. The van der Waals surface area contributed by atoms with Crippen molar-refractivity contribution in [1.29, 1.82) is 0 Å². The molecule has 1 aromatic carbocycles. The van der Waals surface area contributed by atoms with E-state index in [0.717, 1.165) is 48.8 Å². The number of rotatable bonds is 5. The van der Waals surface area contributed by atoms with Crippen molar-refractivity contribution in [2.45, 2.75) is 52.5 Å². The van der Waals surface area contributed by atoms with Gasteiger partial charge in [-0.1, -0.05) is 61.9 Å². The van der Waals surface area contributed by atoms with Gasteiger partial charge in [0.05, 0.1) is 10.4 Å². The molecular formula is C24H29N3O2S2. The maximum absolute atomic E-state index is 13.1. The minimum absolute atomic E-state index is 0.0364. The van der Waals surface area contributed by atoms with Gasteiger partial charge in [-0.15, -0.1) is 0 Å². The predicted molar refractivity (Wildman–Crippen MR) is 132 cm³/mol. The number of amides is 2. The van der Waals surface area contributed by atoms with Gasteiger partial charge in [0.1, 0.15) is 10.9 Å². The Balaban J connectivity index is 1.71. The molecule has 3 heterocycles. The van der Waals surface area contributed by atoms with Gasteiger partial charge >= 0.3 is 0 Å². The minimum atomic E-state index is -0.0364. The topological polar surface area (TPSA) is 45.6 Å². The van der Waals surface area contributed by atoms with Crippen LogP contribution in [0.15, 0.2) is 29.3 Å². The highest BCUT2D eigenvalue weighted by Crippen LogP contribution is 2.35. The maximum atomic E-state index is 13.1. The summed E-state index contributed by atoms with van der Waals surface area (Å²) in [5, 5.41) is 1.07. The molecule has 0 aliphatic carbocycles. The first-order valence-electron chi connectivity index (χ1n) is 11.2. The van der Waals surface area contributed by atoms with E-state index >= 15 is 0 Å². The second kappa shape index (κ2) is 9.57. The van der Waals surface area contributed by atoms with E-state index in [-0.39, 0.29) is 11.8 Å². The molecule has 164 valence electrons. The number of aryl methyl sites for hydroxylation is 1. The summed E-state index contributed by atoms with van der Waals surface area (Å²) in [6, 6.07) is 6.25. The van der Waals surface area contributed by atoms with Crippen LogP contribution >= 0.6 is 24.0 Å². The zero-order valence-corrected chi connectivity index (χ0v) is 19.9. The lowest BCUT2D eigenvalue weighted by Gasteiger charge is -2.21. The lowest BCUT2D eigenvalue weighted by molar-refractivity contribution is -0.131. The van der Waals surface area contributed by atoms with Crippen molar-refractivity contribution in [3.63, 3.8) is 0 Å². The number of likely N-dealkylation sites (tertiary alicyclic amines) is 1. The average molecular weight is 456 g/mol. The Morgan fingerprint density at radius 2 is 1.90 bits per heavy atom. The molecule has 1 aromatic heterocycles. The van der Waals surface area contributed by atoms with E-state index in [9.17, 15) is 9.59 Å². The number of thioether (sulfide) groups is 1. The third-order valence-corrected chi connectivity index (χ3v) is 7.51. The molecule has 2 aliphatic heterocycles. The number of thiocarbonyl (C=S) groups is 1. The van der Waals surface area contributed by atoms with Gasteiger partial charge in [-0.2, -0.15) is 0 Å². The normalized spacial score (nSPS) is 19.0. The van der Waals surface area contributed by atoms with Crippen molar-refractivity contribution in [3.05, 3.63) is 40.4 Å². The maximum Gasteiger partial charge on any atom is 0.266 e. The van der Waals surface area contributed by atoms with E-state index in [4.69, 9.17) is 12.2 Å². The molecule has 0 saturated carbocycles. The molecule has 0 bridgehead atoms. The van der Waals surface area contributed by atoms with Gasteiger partial charge in [-0.05, 0) is 37.8 Å². The highest BCUT2D eigenvalue weighted by Gasteiger charge is 2.31. The van der Waals surface area contributed by atoms with E-state index < -0.39 is 0 Å². The summed E-state index contributed by atoms with van der Waals surface area (Å²) in [7, 11) is 0. The van der Waals surface area contributed by atoms with Crippen molar-refractivity contribution in [3.8, 4) is 0 Å². The van der Waals surface area contributed by atoms with Gasteiger partial charge in [0.25, 0.3) is 5.91 Å². The molecule has 31 heavy (non-hydrogen) atoms. The molecule has 0 atom stereocenters. The molecular weight excluding hydrogens is 426 g/mol. The summed E-state index contributed by atoms with van der Waals surface area (Å²) >= 11 is 6.72. The van der Waals surface area contributed by atoms with Crippen LogP contribution in [0.4, 0.5) is 0 Å². The fraction of sp³-hybridized carbons (Fsp3) is 0.458. The molecule has 0 N–H and O–H groups in total. The Kier molecular flexibility index (Phi) is 6.82. The van der Waals surface area contributed by atoms with Gasteiger partial charge < -0.3 is 9.47 Å². The Morgan fingerprint density at radius 1 is 1.16 bits per heavy atom. The largest absolute Gasteiger partial charge is 0.341 e. The summed E-state index contributed by atoms with van der Waals surface area (Å²) in [5.41, 5.74) is 3.26. The van der Waals surface area contributed by atoms with Crippen molar-refractivity contribution >= 4 is 57.1 Å². The Hall–Kier alpha value is -2.12. The third kappa shape index (κ3) is 4.44. The number of hydrogen-bond donors (Lipinski definition) is 0. The van der Waals surface area contributed by atoms with Crippen LogP contribution in [-0.2, 0) is 22.6 Å². The van der Waals surface area contributed by atoms with Crippen molar-refractivity contribution < 1.29 is 9.59 Å². The monoisotopic (exact) mass is 455 g/mol. The molecule has 2 saturated heterocycles. The molecule has 2 aromatic rings. The third-order valence-electron chi connectivity index (χ3n) is 6.13. The number of fused-ring (bicyclic) bond motifs is 1. The second-order valence-corrected chi connectivity index (χ2v) is 9.78. The molecule has 2 aliphatic rings. The summed E-state index contributed by atoms with van der Waals surface area (Å²) in [6.45, 7) is 6.68. The fourth-order valence-corrected chi connectivity index (χ4v) is 5.85. The molecule has 0 spiro atoms. The van der Waals surface area contributed by atoms with Crippen LogP contribution in [0.25, 0.3) is 17.0 Å². The van der Waals surface area contributed by atoms with Crippen LogP contribution in [0.3, 0.4) is 0 Å². The first-order valence-corrected chi connectivity index (χ1v) is 12.4. The number of hydrogen-bond acceptors (Lipinski definition) is 4. The number of carbonyl (C=O) groups excluding carboxylic acids is 2. The number of benzene rings is 1. The van der Waals surface area contributed by atoms with Crippen LogP contribution in [0, 0.1) is 0 Å². The first kappa shape index (κ1) is 22.1. The van der Waals surface area contributed by atoms with E-state index in [1.807, 2.05) is 24.1 Å². The van der Waals surface area contributed by atoms with E-state index in [1.54, 1.807) is 4.90 Å². The van der Waals surface area contributed by atoms with E-state index in [0.29, 0.717) is 22.3 Å². The summed E-state index contributed by atoms with van der Waals surface area (Å²) in [6.07, 6.45) is 9.43. The van der Waals surface area contributed by atoms with Gasteiger partial charge in [0, 0.05) is 36.8 Å². The minimum Gasteiger partial charge on any atom is -0.341 e. The number of carbonyl (C=O) groups is 2. The summed E-state index contributed by atoms with van der Waals surface area (Å²) in [4.78, 5) is 30.1. The van der Waals surface area contributed by atoms with Gasteiger partial charge in [-0.3, -0.25) is 14.5 Å². The van der Waals surface area contributed by atoms with Crippen molar-refractivity contribution in [2.24, 2.45) is 0 Å². The average Bonchev–Trinajstić information content (AvgIpc) is 3.08. The van der Waals surface area contributed by atoms with Crippen molar-refractivity contribution in [2.75, 3.05) is 19.6 Å². The van der Waals surface area contributed by atoms with E-state index in [1.165, 1.54) is 30.2 Å². The van der Waals surface area contributed by atoms with Gasteiger partial charge in [0.2, 0.25) is 5.91 Å². The standard InChI is InChI=1S/C24H29N3O2S2/c1-3-17-10-9-11-19-18(14-20-23(29)27(4-2)24(30)31-20)15-26(22(17)19)16-21(28)25-12-7-5-6-8-13-25/h9-11,14-15H,3-8,12-13,16H2,1-2H3/b20-14-. The van der Waals surface area contributed by atoms with Crippen LogP contribution in [0.1, 0.15) is 50.7 Å². The summed E-state index contributed by atoms with van der Waals surface area (Å²) in [5.74, 6) is 0.138. The zero-order valence-electron chi connectivity index (χ0n) is 18.2. The lowest BCUT2D eigenvalue weighted by atomic mass is 10.1. The molecule has 2 fully saturated rings. The number of aromatic nitrogens is 1. The Bertz CT molecular complexity index is 1050. The highest BCUT2D eigenvalue weighted by atomic mass is 32.2. The van der Waals surface area contributed by atoms with Gasteiger partial charge in [0.15, 0.2) is 0 Å². The van der Waals surface area contributed by atoms with E-state index in [2.05, 4.69) is 29.7 Å². The van der Waals surface area contributed by atoms with Crippen LogP contribution in [0.2, 0.25) is 0 Å². The Labute approximate surface area is 193 Å². The van der Waals surface area contributed by atoms with Crippen LogP contribution < -0.4 is 0 Å². The second-order valence-electron chi connectivity index (χ2n) is 8.10. The SMILES string of the molecule is CCc1cccc2c(/C=C3\SC(=S)N(CC)C3=O)cn(CC(=O)N3CCCCCC3)c12. The Morgan fingerprint density at radius 3 is 2.55 bits per heavy atom. The lowest BCUT2D eigenvalue weighted by Crippen LogP contribution is -2.34. The number of likely N-dealkylation sites (N-methyl/N-ethyl adjacent to an activating group) is 1. The number of nitrogens with zero attached hydrogens (tertiary/aromatic N) is 3. The smallest absolute Gasteiger partial charge is 0.266 e. The first-order chi connectivity index (χ1) is 15.0. The quantitative estimate of drug-likeness (QED) is 0.479. The van der Waals surface area contributed by atoms with Crippen molar-refractivity contribution in [1.82, 2.24) is 14.4 Å². The zero-order chi connectivity index (χ0) is 22.0. The van der Waals surface area contributed by atoms with Crippen LogP contribution in [0.5, 0.6) is 0 Å². The molecule has 7 heteroatoms. The highest BCUT2D eigenvalue weighted by molar-refractivity contribution is 8.26. The van der Waals surface area contributed by atoms with Gasteiger partial charge in [-0.25, -0.2) is 0 Å².